The van der Waals surface area contributed by atoms with E-state index in [0.717, 1.165) is 5.56 Å². The van der Waals surface area contributed by atoms with Gasteiger partial charge in [-0.3, -0.25) is 4.79 Å². The lowest BCUT2D eigenvalue weighted by Gasteiger charge is -2.22. The number of halogens is 1. The van der Waals surface area contributed by atoms with Crippen molar-refractivity contribution < 1.29 is 18.7 Å². The standard InChI is InChI=1S/C19H22FNO3/c1-4-21(19(22)12-14-6-5-7-16(20)10-14)13-15-8-9-17(23-2)18(11-15)24-3/h5-11H,4,12-13H2,1-3H3. The van der Waals surface area contributed by atoms with E-state index in [1.807, 2.05) is 25.1 Å². The van der Waals surface area contributed by atoms with Crippen LogP contribution in [0.4, 0.5) is 4.39 Å². The summed E-state index contributed by atoms with van der Waals surface area (Å²) in [5.41, 5.74) is 1.62. The van der Waals surface area contributed by atoms with Crippen molar-refractivity contribution in [3.63, 3.8) is 0 Å². The van der Waals surface area contributed by atoms with Crippen molar-refractivity contribution in [3.05, 3.63) is 59.4 Å². The highest BCUT2D eigenvalue weighted by Crippen LogP contribution is 2.28. The molecule has 5 heteroatoms. The Morgan fingerprint density at radius 1 is 1.04 bits per heavy atom. The van der Waals surface area contributed by atoms with Gasteiger partial charge in [-0.05, 0) is 42.3 Å². The molecule has 0 atom stereocenters. The summed E-state index contributed by atoms with van der Waals surface area (Å²) in [5, 5.41) is 0. The summed E-state index contributed by atoms with van der Waals surface area (Å²) in [5.74, 6) is 0.903. The number of carbonyl (C=O) groups is 1. The number of methoxy groups -OCH3 is 2. The van der Waals surface area contributed by atoms with Gasteiger partial charge in [0.15, 0.2) is 11.5 Å². The molecule has 0 radical (unpaired) electrons. The van der Waals surface area contributed by atoms with E-state index in [1.54, 1.807) is 31.3 Å². The highest BCUT2D eigenvalue weighted by atomic mass is 19.1. The highest BCUT2D eigenvalue weighted by Gasteiger charge is 2.14. The maximum Gasteiger partial charge on any atom is 0.227 e. The van der Waals surface area contributed by atoms with Crippen LogP contribution in [0, 0.1) is 5.82 Å². The quantitative estimate of drug-likeness (QED) is 0.780. The van der Waals surface area contributed by atoms with Crippen molar-refractivity contribution in [2.24, 2.45) is 0 Å². The van der Waals surface area contributed by atoms with Crippen molar-refractivity contribution in [1.29, 1.82) is 0 Å². The Morgan fingerprint density at radius 2 is 1.79 bits per heavy atom. The first kappa shape index (κ1) is 17.8. The van der Waals surface area contributed by atoms with Gasteiger partial charge in [-0.15, -0.1) is 0 Å². The smallest absolute Gasteiger partial charge is 0.227 e. The van der Waals surface area contributed by atoms with Crippen molar-refractivity contribution in [2.45, 2.75) is 19.9 Å². The fourth-order valence-electron chi connectivity index (χ4n) is 2.51. The van der Waals surface area contributed by atoms with Crippen LogP contribution in [0.5, 0.6) is 11.5 Å². The summed E-state index contributed by atoms with van der Waals surface area (Å²) < 4.78 is 23.8. The molecule has 0 saturated heterocycles. The minimum absolute atomic E-state index is 0.0436. The fraction of sp³-hybridized carbons (Fsp3) is 0.316. The number of likely N-dealkylation sites (N-methyl/N-ethyl adjacent to an activating group) is 1. The molecule has 0 saturated carbocycles. The van der Waals surface area contributed by atoms with Gasteiger partial charge in [0.25, 0.3) is 0 Å². The second-order valence-corrected chi connectivity index (χ2v) is 5.40. The average Bonchev–Trinajstić information content (AvgIpc) is 2.59. The first-order valence-electron chi connectivity index (χ1n) is 7.80. The Bertz CT molecular complexity index is 703. The molecule has 2 aromatic carbocycles. The molecule has 0 bridgehead atoms. The molecule has 0 heterocycles. The molecule has 1 amide bonds. The third-order valence-corrected chi connectivity index (χ3v) is 3.80. The van der Waals surface area contributed by atoms with Gasteiger partial charge in [-0.25, -0.2) is 4.39 Å². The zero-order chi connectivity index (χ0) is 17.5. The number of ether oxygens (including phenoxy) is 2. The van der Waals surface area contributed by atoms with Gasteiger partial charge in [0.1, 0.15) is 5.82 Å². The van der Waals surface area contributed by atoms with Gasteiger partial charge in [0, 0.05) is 13.1 Å². The third kappa shape index (κ3) is 4.47. The van der Waals surface area contributed by atoms with E-state index in [9.17, 15) is 9.18 Å². The van der Waals surface area contributed by atoms with Crippen molar-refractivity contribution >= 4 is 5.91 Å². The normalized spacial score (nSPS) is 10.3. The van der Waals surface area contributed by atoms with Crippen LogP contribution in [-0.4, -0.2) is 31.6 Å². The number of benzene rings is 2. The maximum absolute atomic E-state index is 13.3. The van der Waals surface area contributed by atoms with Crippen LogP contribution in [0.1, 0.15) is 18.1 Å². The van der Waals surface area contributed by atoms with E-state index in [4.69, 9.17) is 9.47 Å². The van der Waals surface area contributed by atoms with Crippen LogP contribution in [0.2, 0.25) is 0 Å². The lowest BCUT2D eigenvalue weighted by Crippen LogP contribution is -2.31. The number of carbonyl (C=O) groups excluding carboxylic acids is 1. The predicted molar refractivity (Wildman–Crippen MR) is 90.7 cm³/mol. The van der Waals surface area contributed by atoms with Crippen molar-refractivity contribution in [1.82, 2.24) is 4.90 Å². The molecule has 128 valence electrons. The SMILES string of the molecule is CCN(Cc1ccc(OC)c(OC)c1)C(=O)Cc1cccc(F)c1. The first-order valence-corrected chi connectivity index (χ1v) is 7.80. The Balaban J connectivity index is 2.09. The first-order chi connectivity index (χ1) is 11.6. The molecule has 0 aromatic heterocycles. The molecule has 0 aliphatic rings. The second kappa shape index (κ2) is 8.34. The van der Waals surface area contributed by atoms with Gasteiger partial charge in [0.2, 0.25) is 5.91 Å². The van der Waals surface area contributed by atoms with Gasteiger partial charge in [0.05, 0.1) is 20.6 Å². The van der Waals surface area contributed by atoms with Crippen LogP contribution < -0.4 is 9.47 Å². The fourth-order valence-corrected chi connectivity index (χ4v) is 2.51. The Hall–Kier alpha value is -2.56. The lowest BCUT2D eigenvalue weighted by atomic mass is 10.1. The Kier molecular flexibility index (Phi) is 6.18. The minimum atomic E-state index is -0.330. The van der Waals surface area contributed by atoms with Crippen LogP contribution in [0.15, 0.2) is 42.5 Å². The van der Waals surface area contributed by atoms with E-state index in [0.29, 0.717) is 30.2 Å². The molecule has 0 fully saturated rings. The van der Waals surface area contributed by atoms with Gasteiger partial charge < -0.3 is 14.4 Å². The number of rotatable bonds is 7. The third-order valence-electron chi connectivity index (χ3n) is 3.80. The van der Waals surface area contributed by atoms with E-state index in [1.165, 1.54) is 12.1 Å². The summed E-state index contributed by atoms with van der Waals surface area (Å²) in [6.45, 7) is 2.96. The van der Waals surface area contributed by atoms with Crippen LogP contribution >= 0.6 is 0 Å². The van der Waals surface area contributed by atoms with E-state index in [2.05, 4.69) is 0 Å². The zero-order valence-electron chi connectivity index (χ0n) is 14.2. The topological polar surface area (TPSA) is 38.8 Å². The molecule has 0 unspecified atom stereocenters. The van der Waals surface area contributed by atoms with E-state index in [-0.39, 0.29) is 18.1 Å². The molecule has 24 heavy (non-hydrogen) atoms. The van der Waals surface area contributed by atoms with Gasteiger partial charge in [-0.2, -0.15) is 0 Å². The molecule has 0 aliphatic carbocycles. The molecule has 0 spiro atoms. The van der Waals surface area contributed by atoms with Gasteiger partial charge >= 0.3 is 0 Å². The molecule has 0 aliphatic heterocycles. The number of hydrogen-bond donors (Lipinski definition) is 0. The monoisotopic (exact) mass is 331 g/mol. The summed E-state index contributed by atoms with van der Waals surface area (Å²) in [6.07, 6.45) is 0.179. The zero-order valence-corrected chi connectivity index (χ0v) is 14.2. The molecule has 4 nitrogen and oxygen atoms in total. The van der Waals surface area contributed by atoms with E-state index < -0.39 is 0 Å². The molecule has 0 N–H and O–H groups in total. The molecular weight excluding hydrogens is 309 g/mol. The maximum atomic E-state index is 13.3. The number of amides is 1. The summed E-state index contributed by atoms with van der Waals surface area (Å²) in [4.78, 5) is 14.2. The van der Waals surface area contributed by atoms with Crippen LogP contribution in [0.25, 0.3) is 0 Å². The Morgan fingerprint density at radius 3 is 2.42 bits per heavy atom. The highest BCUT2D eigenvalue weighted by molar-refractivity contribution is 5.78. The van der Waals surface area contributed by atoms with Crippen molar-refractivity contribution in [3.8, 4) is 11.5 Å². The average molecular weight is 331 g/mol. The number of nitrogens with zero attached hydrogens (tertiary/aromatic N) is 1. The summed E-state index contributed by atoms with van der Waals surface area (Å²) in [7, 11) is 3.16. The number of hydrogen-bond acceptors (Lipinski definition) is 3. The second-order valence-electron chi connectivity index (χ2n) is 5.40. The molecule has 2 aromatic rings. The van der Waals surface area contributed by atoms with Crippen LogP contribution in [0.3, 0.4) is 0 Å². The van der Waals surface area contributed by atoms with E-state index >= 15 is 0 Å². The van der Waals surface area contributed by atoms with Crippen molar-refractivity contribution in [2.75, 3.05) is 20.8 Å². The predicted octanol–water partition coefficient (Wildman–Crippen LogP) is 3.43. The van der Waals surface area contributed by atoms with Gasteiger partial charge in [-0.1, -0.05) is 18.2 Å². The molecule has 2 rings (SSSR count). The largest absolute Gasteiger partial charge is 0.493 e. The minimum Gasteiger partial charge on any atom is -0.493 e. The lowest BCUT2D eigenvalue weighted by molar-refractivity contribution is -0.130. The Labute approximate surface area is 141 Å². The summed E-state index contributed by atoms with van der Waals surface area (Å²) in [6, 6.07) is 11.7. The molecular formula is C19H22FNO3. The van der Waals surface area contributed by atoms with Crippen LogP contribution in [-0.2, 0) is 17.8 Å². The summed E-state index contributed by atoms with van der Waals surface area (Å²) >= 11 is 0.